The van der Waals surface area contributed by atoms with Crippen molar-refractivity contribution in [1.82, 2.24) is 10.6 Å². The molecule has 3 N–H and O–H groups in total. The van der Waals surface area contributed by atoms with Crippen molar-refractivity contribution in [3.63, 3.8) is 0 Å². The summed E-state index contributed by atoms with van der Waals surface area (Å²) in [5.74, 6) is 0.434. The molecule has 0 unspecified atom stereocenters. The summed E-state index contributed by atoms with van der Waals surface area (Å²) in [4.78, 5) is 11.5. The molecule has 2 fully saturated rings. The van der Waals surface area contributed by atoms with Crippen molar-refractivity contribution in [3.05, 3.63) is 0 Å². The lowest BCUT2D eigenvalue weighted by atomic mass is 10.1. The van der Waals surface area contributed by atoms with E-state index in [0.29, 0.717) is 25.1 Å². The number of carbonyl (C=O) groups excluding carboxylic acids is 1. The van der Waals surface area contributed by atoms with Gasteiger partial charge >= 0.3 is 6.03 Å². The quantitative estimate of drug-likeness (QED) is 0.687. The number of nitrogens with one attached hydrogen (secondary N) is 2. The second-order valence-electron chi connectivity index (χ2n) is 5.39. The maximum Gasteiger partial charge on any atom is 0.314 e. The number of ether oxygens (including phenoxy) is 1. The van der Waals surface area contributed by atoms with Gasteiger partial charge < -0.3 is 20.5 Å². The highest BCUT2D eigenvalue weighted by atomic mass is 16.5. The summed E-state index contributed by atoms with van der Waals surface area (Å²) in [6, 6.07) is -0.102. The van der Waals surface area contributed by atoms with Crippen LogP contribution in [0.15, 0.2) is 0 Å². The van der Waals surface area contributed by atoms with Gasteiger partial charge in [0.1, 0.15) is 0 Å². The Hall–Kier alpha value is -0.810. The van der Waals surface area contributed by atoms with Gasteiger partial charge in [-0.05, 0) is 44.4 Å². The van der Waals surface area contributed by atoms with E-state index in [1.54, 1.807) is 0 Å². The first-order chi connectivity index (χ1) is 8.74. The fourth-order valence-corrected chi connectivity index (χ4v) is 2.75. The fraction of sp³-hybridized carbons (Fsp3) is 0.923. The van der Waals surface area contributed by atoms with Crippen LogP contribution < -0.4 is 10.6 Å². The topological polar surface area (TPSA) is 70.6 Å². The van der Waals surface area contributed by atoms with Crippen molar-refractivity contribution in [2.75, 3.05) is 19.7 Å². The monoisotopic (exact) mass is 256 g/mol. The number of rotatable bonds is 5. The molecule has 0 aromatic carbocycles. The molecule has 0 bridgehead atoms. The molecule has 3 atom stereocenters. The fourth-order valence-electron chi connectivity index (χ4n) is 2.75. The Labute approximate surface area is 108 Å². The molecule has 1 saturated carbocycles. The third-order valence-electron chi connectivity index (χ3n) is 3.84. The number of hydrogen-bond donors (Lipinski definition) is 3. The Morgan fingerprint density at radius 2 is 2.17 bits per heavy atom. The first-order valence-electron chi connectivity index (χ1n) is 7.05. The molecule has 104 valence electrons. The Kier molecular flexibility index (Phi) is 5.26. The van der Waals surface area contributed by atoms with Gasteiger partial charge in [-0.1, -0.05) is 0 Å². The molecule has 18 heavy (non-hydrogen) atoms. The van der Waals surface area contributed by atoms with Gasteiger partial charge in [0, 0.05) is 19.7 Å². The Morgan fingerprint density at radius 1 is 1.28 bits per heavy atom. The van der Waals surface area contributed by atoms with Crippen LogP contribution >= 0.6 is 0 Å². The molecule has 2 rings (SSSR count). The molecule has 0 aromatic rings. The molecular formula is C13H24N2O3. The van der Waals surface area contributed by atoms with Crippen molar-refractivity contribution < 1.29 is 14.6 Å². The lowest BCUT2D eigenvalue weighted by molar-refractivity contribution is 0.104. The summed E-state index contributed by atoms with van der Waals surface area (Å²) in [5, 5.41) is 15.1. The van der Waals surface area contributed by atoms with Crippen LogP contribution in [0.25, 0.3) is 0 Å². The van der Waals surface area contributed by atoms with E-state index in [9.17, 15) is 9.90 Å². The zero-order chi connectivity index (χ0) is 12.8. The molecule has 2 amide bonds. The second kappa shape index (κ2) is 6.95. The second-order valence-corrected chi connectivity index (χ2v) is 5.39. The Bertz CT molecular complexity index is 267. The van der Waals surface area contributed by atoms with Gasteiger partial charge in [0.25, 0.3) is 0 Å². The maximum absolute atomic E-state index is 11.5. The number of urea groups is 1. The van der Waals surface area contributed by atoms with Gasteiger partial charge in [-0.15, -0.1) is 0 Å². The van der Waals surface area contributed by atoms with Gasteiger partial charge in [0.05, 0.1) is 12.2 Å². The van der Waals surface area contributed by atoms with Crippen LogP contribution in [-0.2, 0) is 4.74 Å². The number of aliphatic hydroxyl groups excluding tert-OH is 1. The lowest BCUT2D eigenvalue weighted by Crippen LogP contribution is -2.39. The highest BCUT2D eigenvalue weighted by molar-refractivity contribution is 5.73. The van der Waals surface area contributed by atoms with Crippen LogP contribution in [-0.4, -0.2) is 43.0 Å². The van der Waals surface area contributed by atoms with Crippen molar-refractivity contribution in [1.29, 1.82) is 0 Å². The third-order valence-corrected chi connectivity index (χ3v) is 3.84. The predicted molar refractivity (Wildman–Crippen MR) is 68.3 cm³/mol. The third kappa shape index (κ3) is 4.46. The number of hydrogen-bond acceptors (Lipinski definition) is 3. The highest BCUT2D eigenvalue weighted by Gasteiger charge is 2.22. The first-order valence-corrected chi connectivity index (χ1v) is 7.05. The van der Waals surface area contributed by atoms with Gasteiger partial charge in [-0.3, -0.25) is 0 Å². The molecule has 0 radical (unpaired) electrons. The Morgan fingerprint density at radius 3 is 2.83 bits per heavy atom. The van der Waals surface area contributed by atoms with Crippen molar-refractivity contribution in [2.45, 2.75) is 50.7 Å². The van der Waals surface area contributed by atoms with Crippen molar-refractivity contribution >= 4 is 6.03 Å². The largest absolute Gasteiger partial charge is 0.393 e. The van der Waals surface area contributed by atoms with Crippen molar-refractivity contribution in [3.8, 4) is 0 Å². The van der Waals surface area contributed by atoms with E-state index >= 15 is 0 Å². The van der Waals surface area contributed by atoms with Crippen LogP contribution in [0, 0.1) is 5.92 Å². The molecule has 2 aliphatic rings. The standard InChI is InChI=1S/C13H24N2O3/c16-11-4-3-10(8-11)9-15-13(17)14-6-5-12-2-1-7-18-12/h10-12,16H,1-9H2,(H2,14,15,17)/t10-,11+,12+/m1/s1. The van der Waals surface area contributed by atoms with Crippen LogP contribution in [0.2, 0.25) is 0 Å². The molecular weight excluding hydrogens is 232 g/mol. The zero-order valence-corrected chi connectivity index (χ0v) is 10.9. The highest BCUT2D eigenvalue weighted by Crippen LogP contribution is 2.24. The molecule has 1 aliphatic heterocycles. The summed E-state index contributed by atoms with van der Waals surface area (Å²) in [7, 11) is 0. The normalized spacial score (nSPS) is 31.5. The van der Waals surface area contributed by atoms with E-state index in [-0.39, 0.29) is 12.1 Å². The SMILES string of the molecule is O=C(NCC[C@@H]1CCCO1)NC[C@@H]1CC[C@H](O)C1. The molecule has 1 heterocycles. The van der Waals surface area contributed by atoms with Crippen LogP contribution in [0.4, 0.5) is 4.79 Å². The van der Waals surface area contributed by atoms with Crippen LogP contribution in [0.1, 0.15) is 38.5 Å². The summed E-state index contributed by atoms with van der Waals surface area (Å²) < 4.78 is 5.49. The van der Waals surface area contributed by atoms with E-state index in [1.807, 2.05) is 0 Å². The average Bonchev–Trinajstić information content (AvgIpc) is 2.98. The number of aliphatic hydroxyl groups is 1. The van der Waals surface area contributed by atoms with Gasteiger partial charge in [0.2, 0.25) is 0 Å². The predicted octanol–water partition coefficient (Wildman–Crippen LogP) is 1.02. The summed E-state index contributed by atoms with van der Waals surface area (Å²) in [5.41, 5.74) is 0. The smallest absolute Gasteiger partial charge is 0.314 e. The Balaban J connectivity index is 1.49. The molecule has 0 spiro atoms. The first kappa shape index (κ1) is 13.6. The minimum absolute atomic E-state index is 0.102. The zero-order valence-electron chi connectivity index (χ0n) is 10.9. The van der Waals surface area contributed by atoms with Crippen LogP contribution in [0.3, 0.4) is 0 Å². The molecule has 1 aliphatic carbocycles. The average molecular weight is 256 g/mol. The summed E-state index contributed by atoms with van der Waals surface area (Å²) in [6.45, 7) is 2.20. The van der Waals surface area contributed by atoms with Gasteiger partial charge in [0.15, 0.2) is 0 Å². The van der Waals surface area contributed by atoms with Gasteiger partial charge in [-0.2, -0.15) is 0 Å². The number of carbonyl (C=O) groups is 1. The van der Waals surface area contributed by atoms with Crippen molar-refractivity contribution in [2.24, 2.45) is 5.92 Å². The van der Waals surface area contributed by atoms with E-state index in [0.717, 1.165) is 45.1 Å². The van der Waals surface area contributed by atoms with E-state index in [1.165, 1.54) is 0 Å². The molecule has 5 heteroatoms. The minimum Gasteiger partial charge on any atom is -0.393 e. The summed E-state index contributed by atoms with van der Waals surface area (Å²) in [6.07, 6.45) is 6.01. The number of amides is 2. The van der Waals surface area contributed by atoms with E-state index < -0.39 is 0 Å². The van der Waals surface area contributed by atoms with Crippen LogP contribution in [0.5, 0.6) is 0 Å². The maximum atomic E-state index is 11.5. The minimum atomic E-state index is -0.167. The molecule has 1 saturated heterocycles. The molecule has 0 aromatic heterocycles. The summed E-state index contributed by atoms with van der Waals surface area (Å²) >= 11 is 0. The lowest BCUT2D eigenvalue weighted by Gasteiger charge is -2.13. The van der Waals surface area contributed by atoms with Gasteiger partial charge in [-0.25, -0.2) is 4.79 Å². The van der Waals surface area contributed by atoms with E-state index in [4.69, 9.17) is 4.74 Å². The molecule has 5 nitrogen and oxygen atoms in total. The van der Waals surface area contributed by atoms with E-state index in [2.05, 4.69) is 10.6 Å².